The quantitative estimate of drug-likeness (QED) is 0.175. The Hall–Kier alpha value is -6.18. The lowest BCUT2D eigenvalue weighted by Gasteiger charge is -2.29. The second-order valence-electron chi connectivity index (χ2n) is 15.8. The van der Waals surface area contributed by atoms with E-state index in [2.05, 4.69) is 209 Å². The van der Waals surface area contributed by atoms with Crippen molar-refractivity contribution in [2.24, 2.45) is 0 Å². The SMILES string of the molecule is CC1(C)c2ccccc2-c2ccc(N(c3ccc(-c4cccc5c4C(C)(C)c4ccccc4-5)cc3)c3cccc(-c4cccc5ccccc45)c3)cc21. The number of hydrogen-bond acceptors (Lipinski definition) is 1. The van der Waals surface area contributed by atoms with E-state index in [1.165, 1.54) is 77.5 Å². The molecule has 0 unspecified atom stereocenters. The summed E-state index contributed by atoms with van der Waals surface area (Å²) in [5.74, 6) is 0. The molecule has 2 aliphatic carbocycles. The van der Waals surface area contributed by atoms with Crippen molar-refractivity contribution in [2.75, 3.05) is 4.90 Å². The van der Waals surface area contributed by atoms with E-state index < -0.39 is 0 Å². The fourth-order valence-electron chi connectivity index (χ4n) is 9.45. The van der Waals surface area contributed by atoms with E-state index in [9.17, 15) is 0 Å². The van der Waals surface area contributed by atoms with Crippen molar-refractivity contribution in [3.63, 3.8) is 0 Å². The van der Waals surface area contributed by atoms with Gasteiger partial charge in [0.1, 0.15) is 0 Å². The van der Waals surface area contributed by atoms with Crippen molar-refractivity contribution in [1.82, 2.24) is 0 Å². The summed E-state index contributed by atoms with van der Waals surface area (Å²) in [6, 6.07) is 65.2. The van der Waals surface area contributed by atoms with Crippen LogP contribution in [0.1, 0.15) is 49.9 Å². The van der Waals surface area contributed by atoms with Crippen LogP contribution in [0.5, 0.6) is 0 Å². The van der Waals surface area contributed by atoms with Crippen molar-refractivity contribution >= 4 is 27.8 Å². The van der Waals surface area contributed by atoms with Gasteiger partial charge in [0.15, 0.2) is 0 Å². The van der Waals surface area contributed by atoms with Crippen LogP contribution >= 0.6 is 0 Å². The summed E-state index contributed by atoms with van der Waals surface area (Å²) in [6.45, 7) is 9.46. The molecule has 8 aromatic carbocycles. The Bertz CT molecular complexity index is 2720. The minimum absolute atomic E-state index is 0.0793. The highest BCUT2D eigenvalue weighted by Gasteiger charge is 2.38. The van der Waals surface area contributed by atoms with Gasteiger partial charge in [-0.15, -0.1) is 0 Å². The zero-order valence-corrected chi connectivity index (χ0v) is 30.7. The van der Waals surface area contributed by atoms with Crippen LogP contribution in [0.4, 0.5) is 17.1 Å². The van der Waals surface area contributed by atoms with Gasteiger partial charge in [-0.2, -0.15) is 0 Å². The number of nitrogens with zero attached hydrogens (tertiary/aromatic N) is 1. The standard InChI is InChI=1S/C52H41N/c1-51(2)47-24-9-7-19-43(47)45-31-30-39(33-49(45)51)53(38-17-11-16-36(32-38)41-21-12-15-34-14-5-6-18-40(34)41)37-28-26-35(27-29-37)42-22-13-23-46-44-20-8-10-25-48(44)52(3,4)50(42)46/h5-33H,1-4H3. The molecule has 8 aromatic rings. The van der Waals surface area contributed by atoms with E-state index in [0.717, 1.165) is 17.1 Å². The highest BCUT2D eigenvalue weighted by atomic mass is 15.1. The van der Waals surface area contributed by atoms with E-state index >= 15 is 0 Å². The van der Waals surface area contributed by atoms with Crippen LogP contribution in [0, 0.1) is 0 Å². The average Bonchev–Trinajstić information content (AvgIpc) is 3.58. The molecule has 0 spiro atoms. The first-order chi connectivity index (χ1) is 25.8. The Kier molecular flexibility index (Phi) is 6.94. The molecule has 1 nitrogen and oxygen atoms in total. The zero-order chi connectivity index (χ0) is 35.9. The highest BCUT2D eigenvalue weighted by molar-refractivity contribution is 5.98. The van der Waals surface area contributed by atoms with Gasteiger partial charge in [0, 0.05) is 27.9 Å². The largest absolute Gasteiger partial charge is 0.310 e. The molecule has 0 aliphatic heterocycles. The summed E-state index contributed by atoms with van der Waals surface area (Å²) < 4.78 is 0. The second-order valence-corrected chi connectivity index (χ2v) is 15.8. The number of rotatable bonds is 5. The molecule has 1 heteroatoms. The second kappa shape index (κ2) is 11.7. The van der Waals surface area contributed by atoms with Crippen LogP contribution in [0.25, 0.3) is 55.3 Å². The lowest BCUT2D eigenvalue weighted by Crippen LogP contribution is -2.16. The van der Waals surface area contributed by atoms with Gasteiger partial charge in [-0.25, -0.2) is 0 Å². The summed E-state index contributed by atoms with van der Waals surface area (Å²) in [5.41, 5.74) is 19.2. The predicted octanol–water partition coefficient (Wildman–Crippen LogP) is 14.3. The Morgan fingerprint density at radius 3 is 1.70 bits per heavy atom. The monoisotopic (exact) mass is 679 g/mol. The van der Waals surface area contributed by atoms with Gasteiger partial charge in [0.25, 0.3) is 0 Å². The molecule has 53 heavy (non-hydrogen) atoms. The Morgan fingerprint density at radius 2 is 0.887 bits per heavy atom. The van der Waals surface area contributed by atoms with Crippen LogP contribution in [0.15, 0.2) is 176 Å². The van der Waals surface area contributed by atoms with Crippen molar-refractivity contribution in [2.45, 2.75) is 38.5 Å². The maximum atomic E-state index is 2.44. The zero-order valence-electron chi connectivity index (χ0n) is 30.7. The number of hydrogen-bond donors (Lipinski definition) is 0. The average molecular weight is 680 g/mol. The van der Waals surface area contributed by atoms with E-state index in [0.29, 0.717) is 0 Å². The third kappa shape index (κ3) is 4.77. The van der Waals surface area contributed by atoms with E-state index in [1.807, 2.05) is 0 Å². The normalized spacial score (nSPS) is 14.3. The van der Waals surface area contributed by atoms with Gasteiger partial charge in [-0.1, -0.05) is 167 Å². The fourth-order valence-corrected chi connectivity index (χ4v) is 9.45. The number of anilines is 3. The predicted molar refractivity (Wildman–Crippen MR) is 225 cm³/mol. The van der Waals surface area contributed by atoms with Gasteiger partial charge in [-0.3, -0.25) is 0 Å². The minimum atomic E-state index is -0.0969. The van der Waals surface area contributed by atoms with Gasteiger partial charge >= 0.3 is 0 Å². The molecule has 10 rings (SSSR count). The van der Waals surface area contributed by atoms with E-state index in [4.69, 9.17) is 0 Å². The lowest BCUT2D eigenvalue weighted by molar-refractivity contribution is 0.660. The van der Waals surface area contributed by atoms with E-state index in [1.54, 1.807) is 0 Å². The molecule has 0 saturated carbocycles. The molecule has 0 radical (unpaired) electrons. The van der Waals surface area contributed by atoms with Crippen LogP contribution in [0.3, 0.4) is 0 Å². The molecule has 0 atom stereocenters. The molecular formula is C52H41N. The van der Waals surface area contributed by atoms with Crippen LogP contribution in [-0.2, 0) is 10.8 Å². The molecular weight excluding hydrogens is 639 g/mol. The van der Waals surface area contributed by atoms with Crippen molar-refractivity contribution in [1.29, 1.82) is 0 Å². The van der Waals surface area contributed by atoms with Crippen LogP contribution < -0.4 is 4.90 Å². The molecule has 0 N–H and O–H groups in total. The van der Waals surface area contributed by atoms with Gasteiger partial charge in [0.05, 0.1) is 0 Å². The topological polar surface area (TPSA) is 3.24 Å². The molecule has 254 valence electrons. The number of benzene rings is 8. The van der Waals surface area contributed by atoms with E-state index in [-0.39, 0.29) is 10.8 Å². The third-order valence-corrected chi connectivity index (χ3v) is 12.0. The summed E-state index contributed by atoms with van der Waals surface area (Å²) >= 11 is 0. The van der Waals surface area contributed by atoms with Crippen molar-refractivity contribution in [3.05, 3.63) is 198 Å². The first kappa shape index (κ1) is 31.5. The molecule has 0 saturated heterocycles. The van der Waals surface area contributed by atoms with Crippen LogP contribution in [0.2, 0.25) is 0 Å². The van der Waals surface area contributed by atoms with Crippen LogP contribution in [-0.4, -0.2) is 0 Å². The molecule has 2 aliphatic rings. The molecule has 0 heterocycles. The Labute approximate surface area is 312 Å². The molecule has 0 bridgehead atoms. The van der Waals surface area contributed by atoms with Crippen molar-refractivity contribution in [3.8, 4) is 44.5 Å². The summed E-state index contributed by atoms with van der Waals surface area (Å²) in [6.07, 6.45) is 0. The third-order valence-electron chi connectivity index (χ3n) is 12.0. The highest BCUT2D eigenvalue weighted by Crippen LogP contribution is 2.53. The summed E-state index contributed by atoms with van der Waals surface area (Å²) in [5, 5.41) is 2.52. The summed E-state index contributed by atoms with van der Waals surface area (Å²) in [7, 11) is 0. The first-order valence-electron chi connectivity index (χ1n) is 18.8. The molecule has 0 aromatic heterocycles. The maximum Gasteiger partial charge on any atom is 0.0467 e. The number of fused-ring (bicyclic) bond motifs is 7. The first-order valence-corrected chi connectivity index (χ1v) is 18.8. The molecule has 0 fully saturated rings. The Morgan fingerprint density at radius 1 is 0.340 bits per heavy atom. The minimum Gasteiger partial charge on any atom is -0.310 e. The smallest absolute Gasteiger partial charge is 0.0467 e. The maximum absolute atomic E-state index is 2.44. The van der Waals surface area contributed by atoms with Gasteiger partial charge in [0.2, 0.25) is 0 Å². The lowest BCUT2D eigenvalue weighted by atomic mass is 9.79. The summed E-state index contributed by atoms with van der Waals surface area (Å²) in [4.78, 5) is 2.44. The van der Waals surface area contributed by atoms with Gasteiger partial charge in [-0.05, 0) is 114 Å². The molecule has 0 amide bonds. The fraction of sp³-hybridized carbons (Fsp3) is 0.115. The van der Waals surface area contributed by atoms with Crippen molar-refractivity contribution < 1.29 is 0 Å². The Balaban J connectivity index is 1.12. The van der Waals surface area contributed by atoms with Gasteiger partial charge < -0.3 is 4.90 Å².